The van der Waals surface area contributed by atoms with Gasteiger partial charge < -0.3 is 15.5 Å². The van der Waals surface area contributed by atoms with E-state index < -0.39 is 0 Å². The molecular weight excluding hydrogens is 398 g/mol. The lowest BCUT2D eigenvalue weighted by Gasteiger charge is -2.19. The van der Waals surface area contributed by atoms with Crippen molar-refractivity contribution in [3.05, 3.63) is 89.0 Å². The van der Waals surface area contributed by atoms with E-state index in [2.05, 4.69) is 31.4 Å². The summed E-state index contributed by atoms with van der Waals surface area (Å²) in [6.45, 7) is 8.34. The third kappa shape index (κ3) is 5.55. The maximum absolute atomic E-state index is 12.8. The fourth-order valence-corrected chi connectivity index (χ4v) is 3.28. The van der Waals surface area contributed by atoms with E-state index >= 15 is 0 Å². The molecule has 0 fully saturated rings. The standard InChI is InChI=1S/C27H31N3O2/c1-18-10-15-22(28-26(32)20-8-7-9-23(16-20)30(5)6)17-24(18)29-25(31)19-11-13-21(14-12-19)27(2,3)4/h7-17H,1-6H3,(H,28,32)(H,29,31). The van der Waals surface area contributed by atoms with Gasteiger partial charge in [-0.3, -0.25) is 9.59 Å². The molecule has 0 heterocycles. The van der Waals surface area contributed by atoms with Gasteiger partial charge in [0.25, 0.3) is 11.8 Å². The molecule has 0 aromatic heterocycles. The third-order valence-electron chi connectivity index (χ3n) is 5.38. The fraction of sp³-hybridized carbons (Fsp3) is 0.259. The number of amides is 2. The van der Waals surface area contributed by atoms with E-state index in [0.717, 1.165) is 11.3 Å². The molecule has 5 heteroatoms. The SMILES string of the molecule is Cc1ccc(NC(=O)c2cccc(N(C)C)c2)cc1NC(=O)c1ccc(C(C)(C)C)cc1. The van der Waals surface area contributed by atoms with Crippen molar-refractivity contribution in [2.75, 3.05) is 29.6 Å². The van der Waals surface area contributed by atoms with Gasteiger partial charge in [0, 0.05) is 42.3 Å². The Labute approximate surface area is 190 Å². The molecule has 0 aliphatic heterocycles. The van der Waals surface area contributed by atoms with Crippen molar-refractivity contribution in [1.29, 1.82) is 0 Å². The second kappa shape index (κ2) is 9.27. The molecule has 0 unspecified atom stereocenters. The van der Waals surface area contributed by atoms with Crippen LogP contribution >= 0.6 is 0 Å². The number of aryl methyl sites for hydroxylation is 1. The lowest BCUT2D eigenvalue weighted by molar-refractivity contribution is 0.101. The first-order chi connectivity index (χ1) is 15.0. The highest BCUT2D eigenvalue weighted by atomic mass is 16.2. The number of carbonyl (C=O) groups is 2. The monoisotopic (exact) mass is 429 g/mol. The number of nitrogens with zero attached hydrogens (tertiary/aromatic N) is 1. The fourth-order valence-electron chi connectivity index (χ4n) is 3.28. The number of benzene rings is 3. The molecule has 32 heavy (non-hydrogen) atoms. The van der Waals surface area contributed by atoms with E-state index in [1.807, 2.05) is 80.5 Å². The number of rotatable bonds is 5. The largest absolute Gasteiger partial charge is 0.378 e. The Morgan fingerprint density at radius 1 is 0.781 bits per heavy atom. The average molecular weight is 430 g/mol. The highest BCUT2D eigenvalue weighted by molar-refractivity contribution is 6.07. The molecule has 166 valence electrons. The van der Waals surface area contributed by atoms with Crippen LogP contribution in [0.25, 0.3) is 0 Å². The van der Waals surface area contributed by atoms with Crippen molar-refractivity contribution in [3.63, 3.8) is 0 Å². The maximum atomic E-state index is 12.8. The van der Waals surface area contributed by atoms with Gasteiger partial charge in [0.05, 0.1) is 0 Å². The molecule has 5 nitrogen and oxygen atoms in total. The van der Waals surface area contributed by atoms with Crippen LogP contribution in [0.3, 0.4) is 0 Å². The van der Waals surface area contributed by atoms with Crippen LogP contribution in [0, 0.1) is 6.92 Å². The highest BCUT2D eigenvalue weighted by Gasteiger charge is 2.15. The Hall–Kier alpha value is -3.60. The Bertz CT molecular complexity index is 1130. The Kier molecular flexibility index (Phi) is 6.68. The second-order valence-electron chi connectivity index (χ2n) is 9.21. The van der Waals surface area contributed by atoms with Gasteiger partial charge >= 0.3 is 0 Å². The van der Waals surface area contributed by atoms with Crippen molar-refractivity contribution < 1.29 is 9.59 Å². The van der Waals surface area contributed by atoms with E-state index in [4.69, 9.17) is 0 Å². The molecule has 0 saturated carbocycles. The summed E-state index contributed by atoms with van der Waals surface area (Å²) in [6, 6.07) is 20.6. The predicted molar refractivity (Wildman–Crippen MR) is 133 cm³/mol. The van der Waals surface area contributed by atoms with Gasteiger partial charge in [-0.2, -0.15) is 0 Å². The average Bonchev–Trinajstić information content (AvgIpc) is 2.75. The van der Waals surface area contributed by atoms with Gasteiger partial charge in [-0.15, -0.1) is 0 Å². The number of anilines is 3. The van der Waals surface area contributed by atoms with E-state index in [1.54, 1.807) is 12.1 Å². The minimum absolute atomic E-state index is 0.0319. The Morgan fingerprint density at radius 3 is 2.06 bits per heavy atom. The minimum Gasteiger partial charge on any atom is -0.378 e. The molecule has 3 aromatic rings. The Morgan fingerprint density at radius 2 is 1.44 bits per heavy atom. The summed E-state index contributed by atoms with van der Waals surface area (Å²) in [7, 11) is 3.87. The summed E-state index contributed by atoms with van der Waals surface area (Å²) >= 11 is 0. The molecule has 2 N–H and O–H groups in total. The van der Waals surface area contributed by atoms with Gasteiger partial charge in [-0.05, 0) is 65.9 Å². The molecule has 0 bridgehead atoms. The van der Waals surface area contributed by atoms with Crippen LogP contribution in [-0.2, 0) is 5.41 Å². The van der Waals surface area contributed by atoms with E-state index in [-0.39, 0.29) is 17.2 Å². The zero-order chi connectivity index (χ0) is 23.5. The van der Waals surface area contributed by atoms with Crippen LogP contribution in [0.1, 0.15) is 52.6 Å². The lowest BCUT2D eigenvalue weighted by atomic mass is 9.87. The molecule has 2 amide bonds. The van der Waals surface area contributed by atoms with E-state index in [0.29, 0.717) is 22.5 Å². The Balaban J connectivity index is 1.75. The highest BCUT2D eigenvalue weighted by Crippen LogP contribution is 2.24. The van der Waals surface area contributed by atoms with Crippen LogP contribution < -0.4 is 15.5 Å². The number of hydrogen-bond acceptors (Lipinski definition) is 3. The lowest BCUT2D eigenvalue weighted by Crippen LogP contribution is -2.16. The van der Waals surface area contributed by atoms with Crippen LogP contribution in [-0.4, -0.2) is 25.9 Å². The third-order valence-corrected chi connectivity index (χ3v) is 5.38. The summed E-state index contributed by atoms with van der Waals surface area (Å²) in [6.07, 6.45) is 0. The number of carbonyl (C=O) groups excluding carboxylic acids is 2. The van der Waals surface area contributed by atoms with Gasteiger partial charge in [0.1, 0.15) is 0 Å². The van der Waals surface area contributed by atoms with Crippen molar-refractivity contribution >= 4 is 28.9 Å². The molecule has 3 rings (SSSR count). The molecular formula is C27H31N3O2. The first kappa shape index (κ1) is 23.1. The molecule has 0 atom stereocenters. The van der Waals surface area contributed by atoms with Crippen LogP contribution in [0.2, 0.25) is 0 Å². The minimum atomic E-state index is -0.201. The zero-order valence-corrected chi connectivity index (χ0v) is 19.6. The summed E-state index contributed by atoms with van der Waals surface area (Å²) in [5.41, 5.74) is 5.51. The topological polar surface area (TPSA) is 61.4 Å². The smallest absolute Gasteiger partial charge is 0.255 e. The first-order valence-electron chi connectivity index (χ1n) is 10.7. The first-order valence-corrected chi connectivity index (χ1v) is 10.7. The van der Waals surface area contributed by atoms with Crippen molar-refractivity contribution in [3.8, 4) is 0 Å². The van der Waals surface area contributed by atoms with Gasteiger partial charge in [-0.1, -0.05) is 45.0 Å². The van der Waals surface area contributed by atoms with Crippen LogP contribution in [0.5, 0.6) is 0 Å². The number of hydrogen-bond donors (Lipinski definition) is 2. The summed E-state index contributed by atoms with van der Waals surface area (Å²) in [5.74, 6) is -0.386. The van der Waals surface area contributed by atoms with Crippen molar-refractivity contribution in [2.45, 2.75) is 33.1 Å². The van der Waals surface area contributed by atoms with Crippen molar-refractivity contribution in [2.24, 2.45) is 0 Å². The van der Waals surface area contributed by atoms with E-state index in [1.165, 1.54) is 5.56 Å². The normalized spacial score (nSPS) is 11.1. The summed E-state index contributed by atoms with van der Waals surface area (Å²) < 4.78 is 0. The number of nitrogens with one attached hydrogen (secondary N) is 2. The zero-order valence-electron chi connectivity index (χ0n) is 19.6. The van der Waals surface area contributed by atoms with Crippen LogP contribution in [0.15, 0.2) is 66.7 Å². The molecule has 0 aliphatic rings. The molecule has 0 saturated heterocycles. The molecule has 3 aromatic carbocycles. The maximum Gasteiger partial charge on any atom is 0.255 e. The van der Waals surface area contributed by atoms with Gasteiger partial charge in [-0.25, -0.2) is 0 Å². The van der Waals surface area contributed by atoms with E-state index in [9.17, 15) is 9.59 Å². The molecule has 0 radical (unpaired) electrons. The summed E-state index contributed by atoms with van der Waals surface area (Å²) in [4.78, 5) is 27.5. The van der Waals surface area contributed by atoms with Gasteiger partial charge in [0.15, 0.2) is 0 Å². The quantitative estimate of drug-likeness (QED) is 0.534. The summed E-state index contributed by atoms with van der Waals surface area (Å²) in [5, 5.41) is 5.89. The van der Waals surface area contributed by atoms with Gasteiger partial charge in [0.2, 0.25) is 0 Å². The predicted octanol–water partition coefficient (Wildman–Crippen LogP) is 5.86. The molecule has 0 aliphatic carbocycles. The van der Waals surface area contributed by atoms with Crippen LogP contribution in [0.4, 0.5) is 17.1 Å². The van der Waals surface area contributed by atoms with Crippen molar-refractivity contribution in [1.82, 2.24) is 0 Å². The molecule has 0 spiro atoms. The second-order valence-corrected chi connectivity index (χ2v) is 9.21.